The highest BCUT2D eigenvalue weighted by atomic mass is 19.4. The van der Waals surface area contributed by atoms with Gasteiger partial charge in [-0.2, -0.15) is 13.2 Å². The number of ether oxygens (including phenoxy) is 1. The Morgan fingerprint density at radius 1 is 1.47 bits per heavy atom. The van der Waals surface area contributed by atoms with Gasteiger partial charge in [0.1, 0.15) is 5.75 Å². The third-order valence-corrected chi connectivity index (χ3v) is 2.13. The molecule has 0 radical (unpaired) electrons. The number of rotatable bonds is 4. The lowest BCUT2D eigenvalue weighted by molar-refractivity contribution is -0.144. The average Bonchev–Trinajstić information content (AvgIpc) is 2.26. The molecule has 0 aromatic carbocycles. The third kappa shape index (κ3) is 3.52. The van der Waals surface area contributed by atoms with Crippen LogP contribution in [0.3, 0.4) is 0 Å². The summed E-state index contributed by atoms with van der Waals surface area (Å²) >= 11 is 0. The van der Waals surface area contributed by atoms with Gasteiger partial charge in [-0.25, -0.2) is 13.8 Å². The van der Waals surface area contributed by atoms with E-state index < -0.39 is 47.7 Å². The maximum atomic E-state index is 12.6. The summed E-state index contributed by atoms with van der Waals surface area (Å²) in [7, 11) is 1.02. The highest BCUT2D eigenvalue weighted by molar-refractivity contribution is 5.70. The maximum absolute atomic E-state index is 12.6. The number of carboxylic acid groups (broad SMARTS) is 1. The molecule has 19 heavy (non-hydrogen) atoms. The van der Waals surface area contributed by atoms with Crippen molar-refractivity contribution in [2.45, 2.75) is 19.0 Å². The topological polar surface area (TPSA) is 59.4 Å². The molecule has 0 amide bonds. The van der Waals surface area contributed by atoms with Gasteiger partial charge < -0.3 is 9.84 Å². The molecule has 0 unspecified atom stereocenters. The van der Waals surface area contributed by atoms with Crippen LogP contribution in [0, 0.1) is 0 Å². The van der Waals surface area contributed by atoms with Crippen LogP contribution in [0.2, 0.25) is 0 Å². The minimum Gasteiger partial charge on any atom is -0.495 e. The zero-order chi connectivity index (χ0) is 14.8. The standard InChI is InChI=1S/C10H8F5NO3/c1-19-6-2-4(9(11)12)8(10(13,14)15)16-5(6)3-7(17)18/h2,9H,3H2,1H3,(H,17,18). The summed E-state index contributed by atoms with van der Waals surface area (Å²) in [4.78, 5) is 13.5. The lowest BCUT2D eigenvalue weighted by atomic mass is 10.1. The Morgan fingerprint density at radius 3 is 2.42 bits per heavy atom. The fraction of sp³-hybridized carbons (Fsp3) is 0.400. The Morgan fingerprint density at radius 2 is 2.05 bits per heavy atom. The normalized spacial score (nSPS) is 11.7. The minimum atomic E-state index is -5.11. The van der Waals surface area contributed by atoms with Gasteiger partial charge in [-0.3, -0.25) is 4.79 Å². The molecular weight excluding hydrogens is 277 g/mol. The van der Waals surface area contributed by atoms with E-state index in [2.05, 4.69) is 9.72 Å². The molecule has 0 bridgehead atoms. The van der Waals surface area contributed by atoms with Gasteiger partial charge >= 0.3 is 12.1 Å². The van der Waals surface area contributed by atoms with Crippen molar-refractivity contribution in [3.05, 3.63) is 23.0 Å². The molecule has 1 aromatic heterocycles. The van der Waals surface area contributed by atoms with Crippen molar-refractivity contribution in [3.8, 4) is 5.75 Å². The van der Waals surface area contributed by atoms with E-state index in [0.717, 1.165) is 7.11 Å². The number of aliphatic carboxylic acids is 1. The molecule has 0 saturated heterocycles. The number of hydrogen-bond acceptors (Lipinski definition) is 3. The highest BCUT2D eigenvalue weighted by Gasteiger charge is 2.39. The van der Waals surface area contributed by atoms with Crippen LogP contribution in [-0.2, 0) is 17.4 Å². The van der Waals surface area contributed by atoms with Crippen molar-refractivity contribution in [2.75, 3.05) is 7.11 Å². The molecule has 1 heterocycles. The van der Waals surface area contributed by atoms with Gasteiger partial charge in [-0.05, 0) is 6.07 Å². The monoisotopic (exact) mass is 285 g/mol. The van der Waals surface area contributed by atoms with E-state index in [4.69, 9.17) is 5.11 Å². The quantitative estimate of drug-likeness (QED) is 0.864. The molecule has 9 heteroatoms. The fourth-order valence-electron chi connectivity index (χ4n) is 1.39. The van der Waals surface area contributed by atoms with Crippen LogP contribution in [0.1, 0.15) is 23.4 Å². The van der Waals surface area contributed by atoms with Gasteiger partial charge in [0, 0.05) is 0 Å². The first-order valence-electron chi connectivity index (χ1n) is 4.81. The molecular formula is C10H8F5NO3. The molecule has 106 valence electrons. The second-order valence-electron chi connectivity index (χ2n) is 3.44. The van der Waals surface area contributed by atoms with Crippen molar-refractivity contribution < 1.29 is 36.6 Å². The molecule has 1 rings (SSSR count). The molecule has 0 aliphatic carbocycles. The molecule has 0 aliphatic rings. The number of nitrogens with zero attached hydrogens (tertiary/aromatic N) is 1. The first kappa shape index (κ1) is 15.1. The predicted octanol–water partition coefficient (Wildman–Crippen LogP) is 2.67. The number of hydrogen-bond donors (Lipinski definition) is 1. The minimum absolute atomic E-state index is 0.425. The second kappa shape index (κ2) is 5.37. The van der Waals surface area contributed by atoms with E-state index in [9.17, 15) is 26.7 Å². The molecule has 1 aromatic rings. The fourth-order valence-corrected chi connectivity index (χ4v) is 1.39. The first-order chi connectivity index (χ1) is 8.66. The molecule has 4 nitrogen and oxygen atoms in total. The summed E-state index contributed by atoms with van der Waals surface area (Å²) in [6, 6.07) is 0.457. The smallest absolute Gasteiger partial charge is 0.433 e. The molecule has 0 saturated carbocycles. The van der Waals surface area contributed by atoms with Crippen molar-refractivity contribution in [3.63, 3.8) is 0 Å². The van der Waals surface area contributed by atoms with Crippen molar-refractivity contribution in [1.82, 2.24) is 4.98 Å². The zero-order valence-corrected chi connectivity index (χ0v) is 9.46. The van der Waals surface area contributed by atoms with Crippen molar-refractivity contribution in [2.24, 2.45) is 0 Å². The average molecular weight is 285 g/mol. The van der Waals surface area contributed by atoms with Gasteiger partial charge in [0.2, 0.25) is 0 Å². The zero-order valence-electron chi connectivity index (χ0n) is 9.46. The predicted molar refractivity (Wildman–Crippen MR) is 52.1 cm³/mol. The molecule has 0 atom stereocenters. The lowest BCUT2D eigenvalue weighted by Crippen LogP contribution is -2.16. The molecule has 0 aliphatic heterocycles. The summed E-state index contributed by atoms with van der Waals surface area (Å²) in [5.74, 6) is -1.88. The van der Waals surface area contributed by atoms with Gasteiger partial charge in [0.05, 0.1) is 24.8 Å². The Hall–Kier alpha value is -1.93. The van der Waals surface area contributed by atoms with E-state index in [-0.39, 0.29) is 0 Å². The third-order valence-electron chi connectivity index (χ3n) is 2.13. The Balaban J connectivity index is 3.47. The summed E-state index contributed by atoms with van der Waals surface area (Å²) in [5.41, 5.74) is -3.72. The van der Waals surface area contributed by atoms with E-state index in [1.807, 2.05) is 0 Å². The van der Waals surface area contributed by atoms with Gasteiger partial charge in [-0.1, -0.05) is 0 Å². The number of carboxylic acids is 1. The Bertz CT molecular complexity index is 487. The summed E-state index contributed by atoms with van der Waals surface area (Å²) in [6.07, 6.45) is -9.38. The van der Waals surface area contributed by atoms with E-state index in [1.165, 1.54) is 0 Å². The number of methoxy groups -OCH3 is 1. The van der Waals surface area contributed by atoms with Crippen LogP contribution < -0.4 is 4.74 Å². The van der Waals surface area contributed by atoms with Crippen LogP contribution >= 0.6 is 0 Å². The SMILES string of the molecule is COc1cc(C(F)F)c(C(F)(F)F)nc1CC(=O)O. The number of halogens is 5. The number of carbonyl (C=O) groups is 1. The van der Waals surface area contributed by atoms with Gasteiger partial charge in [0.25, 0.3) is 6.43 Å². The maximum Gasteiger partial charge on any atom is 0.433 e. The molecule has 0 fully saturated rings. The summed E-state index contributed by atoms with van der Waals surface area (Å²) < 4.78 is 67.4. The largest absolute Gasteiger partial charge is 0.495 e. The van der Waals surface area contributed by atoms with E-state index >= 15 is 0 Å². The van der Waals surface area contributed by atoms with Crippen LogP contribution in [0.15, 0.2) is 6.07 Å². The van der Waals surface area contributed by atoms with Crippen molar-refractivity contribution in [1.29, 1.82) is 0 Å². The second-order valence-corrected chi connectivity index (χ2v) is 3.44. The molecule has 0 spiro atoms. The van der Waals surface area contributed by atoms with Crippen LogP contribution in [0.5, 0.6) is 5.75 Å². The lowest BCUT2D eigenvalue weighted by Gasteiger charge is -2.15. The van der Waals surface area contributed by atoms with Crippen LogP contribution in [0.4, 0.5) is 22.0 Å². The van der Waals surface area contributed by atoms with Crippen LogP contribution in [0.25, 0.3) is 0 Å². The number of aromatic nitrogens is 1. The number of alkyl halides is 5. The molecule has 1 N–H and O–H groups in total. The summed E-state index contributed by atoms with van der Waals surface area (Å²) in [5, 5.41) is 8.53. The Labute approximate surface area is 103 Å². The first-order valence-corrected chi connectivity index (χ1v) is 4.81. The van der Waals surface area contributed by atoms with Crippen LogP contribution in [-0.4, -0.2) is 23.2 Å². The Kier molecular flexibility index (Phi) is 4.28. The summed E-state index contributed by atoms with van der Waals surface area (Å²) in [6.45, 7) is 0. The highest BCUT2D eigenvalue weighted by Crippen LogP contribution is 2.37. The van der Waals surface area contributed by atoms with Gasteiger partial charge in [-0.15, -0.1) is 0 Å². The van der Waals surface area contributed by atoms with E-state index in [1.54, 1.807) is 0 Å². The van der Waals surface area contributed by atoms with E-state index in [0.29, 0.717) is 6.07 Å². The van der Waals surface area contributed by atoms with Gasteiger partial charge in [0.15, 0.2) is 5.69 Å². The van der Waals surface area contributed by atoms with Crippen molar-refractivity contribution >= 4 is 5.97 Å². The number of pyridine rings is 1.